The molecule has 0 radical (unpaired) electrons. The van der Waals surface area contributed by atoms with Crippen LogP contribution in [0.25, 0.3) is 0 Å². The van der Waals surface area contributed by atoms with Crippen LogP contribution in [0.15, 0.2) is 24.3 Å². The molecule has 0 bridgehead atoms. The van der Waals surface area contributed by atoms with E-state index in [9.17, 15) is 9.90 Å². The van der Waals surface area contributed by atoms with E-state index in [-0.39, 0.29) is 17.7 Å². The Morgan fingerprint density at radius 1 is 1.53 bits per heavy atom. The van der Waals surface area contributed by atoms with Crippen molar-refractivity contribution in [2.45, 2.75) is 25.3 Å². The lowest BCUT2D eigenvalue weighted by atomic mass is 10.1. The lowest BCUT2D eigenvalue weighted by molar-refractivity contribution is -0.121. The molecule has 1 aliphatic heterocycles. The number of aromatic hydroxyl groups is 1. The molecule has 0 saturated carbocycles. The number of phenols is 1. The smallest absolute Gasteiger partial charge is 0.224 e. The Bertz CT molecular complexity index is 387. The summed E-state index contributed by atoms with van der Waals surface area (Å²) in [6.07, 6.45) is 2.47. The molecule has 1 fully saturated rings. The minimum Gasteiger partial charge on any atom is -0.508 e. The molecule has 1 aromatic carbocycles. The largest absolute Gasteiger partial charge is 0.508 e. The van der Waals surface area contributed by atoms with Crippen molar-refractivity contribution in [3.63, 3.8) is 0 Å². The highest BCUT2D eigenvalue weighted by atomic mass is 16.3. The van der Waals surface area contributed by atoms with Gasteiger partial charge in [0.1, 0.15) is 5.75 Å². The van der Waals surface area contributed by atoms with E-state index in [1.807, 2.05) is 6.07 Å². The van der Waals surface area contributed by atoms with E-state index in [0.29, 0.717) is 6.42 Å². The van der Waals surface area contributed by atoms with Crippen molar-refractivity contribution in [2.75, 3.05) is 13.1 Å². The number of hydrogen-bond acceptors (Lipinski definition) is 3. The van der Waals surface area contributed by atoms with Crippen LogP contribution in [-0.2, 0) is 11.2 Å². The van der Waals surface area contributed by atoms with Crippen LogP contribution in [0.4, 0.5) is 0 Å². The molecule has 1 amide bonds. The second-order valence-corrected chi connectivity index (χ2v) is 4.46. The molecular weight excluding hydrogens is 216 g/mol. The van der Waals surface area contributed by atoms with Crippen molar-refractivity contribution in [3.8, 4) is 5.75 Å². The van der Waals surface area contributed by atoms with Gasteiger partial charge in [-0.2, -0.15) is 0 Å². The summed E-state index contributed by atoms with van der Waals surface area (Å²) in [5.74, 6) is 0.221. The van der Waals surface area contributed by atoms with Gasteiger partial charge in [-0.15, -0.1) is 0 Å². The van der Waals surface area contributed by atoms with E-state index in [2.05, 4.69) is 10.6 Å². The van der Waals surface area contributed by atoms with Gasteiger partial charge in [0, 0.05) is 12.6 Å². The zero-order valence-corrected chi connectivity index (χ0v) is 9.78. The lowest BCUT2D eigenvalue weighted by Crippen LogP contribution is -2.46. The zero-order valence-electron chi connectivity index (χ0n) is 9.78. The number of nitrogens with one attached hydrogen (secondary N) is 2. The van der Waals surface area contributed by atoms with Crippen molar-refractivity contribution >= 4 is 5.91 Å². The molecule has 1 aliphatic rings. The van der Waals surface area contributed by atoms with Gasteiger partial charge in [0.05, 0.1) is 6.42 Å². The average Bonchev–Trinajstić information content (AvgIpc) is 2.30. The van der Waals surface area contributed by atoms with Crippen molar-refractivity contribution in [1.82, 2.24) is 10.6 Å². The van der Waals surface area contributed by atoms with Crippen LogP contribution in [0.2, 0.25) is 0 Å². The number of carbonyl (C=O) groups excluding carboxylic acids is 1. The maximum absolute atomic E-state index is 11.8. The van der Waals surface area contributed by atoms with E-state index in [0.717, 1.165) is 31.5 Å². The number of piperidine rings is 1. The monoisotopic (exact) mass is 234 g/mol. The summed E-state index contributed by atoms with van der Waals surface area (Å²) < 4.78 is 0. The first kappa shape index (κ1) is 11.9. The predicted molar refractivity (Wildman–Crippen MR) is 65.8 cm³/mol. The lowest BCUT2D eigenvalue weighted by Gasteiger charge is -2.23. The fourth-order valence-corrected chi connectivity index (χ4v) is 2.11. The normalized spacial score (nSPS) is 19.9. The molecule has 1 saturated heterocycles. The molecule has 2 rings (SSSR count). The van der Waals surface area contributed by atoms with Gasteiger partial charge < -0.3 is 15.7 Å². The average molecular weight is 234 g/mol. The van der Waals surface area contributed by atoms with E-state index in [4.69, 9.17) is 0 Å². The number of hydrogen-bond donors (Lipinski definition) is 3. The third kappa shape index (κ3) is 3.75. The van der Waals surface area contributed by atoms with Crippen LogP contribution in [0.5, 0.6) is 5.75 Å². The van der Waals surface area contributed by atoms with Crippen molar-refractivity contribution in [1.29, 1.82) is 0 Å². The number of phenolic OH excluding ortho intramolecular Hbond substituents is 1. The summed E-state index contributed by atoms with van der Waals surface area (Å²) >= 11 is 0. The number of rotatable bonds is 3. The molecule has 1 heterocycles. The molecule has 0 spiro atoms. The molecule has 0 aromatic heterocycles. The molecular formula is C13H18N2O2. The Hall–Kier alpha value is -1.55. The Morgan fingerprint density at radius 2 is 2.41 bits per heavy atom. The first-order chi connectivity index (χ1) is 8.24. The van der Waals surface area contributed by atoms with Crippen LogP contribution in [0.3, 0.4) is 0 Å². The van der Waals surface area contributed by atoms with Gasteiger partial charge in [0.15, 0.2) is 0 Å². The van der Waals surface area contributed by atoms with E-state index >= 15 is 0 Å². The quantitative estimate of drug-likeness (QED) is 0.725. The predicted octanol–water partition coefficient (Wildman–Crippen LogP) is 0.803. The molecule has 0 unspecified atom stereocenters. The Labute approximate surface area is 101 Å². The van der Waals surface area contributed by atoms with E-state index < -0.39 is 0 Å². The molecule has 0 aliphatic carbocycles. The van der Waals surface area contributed by atoms with Crippen molar-refractivity contribution < 1.29 is 9.90 Å². The number of carbonyl (C=O) groups is 1. The second-order valence-electron chi connectivity index (χ2n) is 4.46. The van der Waals surface area contributed by atoms with Gasteiger partial charge in [0.25, 0.3) is 0 Å². The van der Waals surface area contributed by atoms with E-state index in [1.54, 1.807) is 18.2 Å². The third-order valence-electron chi connectivity index (χ3n) is 2.94. The van der Waals surface area contributed by atoms with Gasteiger partial charge in [-0.25, -0.2) is 0 Å². The minimum atomic E-state index is 0.0179. The summed E-state index contributed by atoms with van der Waals surface area (Å²) in [5.41, 5.74) is 0.839. The standard InChI is InChI=1S/C13H18N2O2/c16-12-5-1-3-10(7-12)8-13(17)15-11-4-2-6-14-9-11/h1,3,5,7,11,14,16H,2,4,6,8-9H2,(H,15,17)/t11-/m1/s1. The van der Waals surface area contributed by atoms with Crippen LogP contribution in [0, 0.1) is 0 Å². The highest BCUT2D eigenvalue weighted by Gasteiger charge is 2.15. The van der Waals surface area contributed by atoms with Gasteiger partial charge in [0.2, 0.25) is 5.91 Å². The Morgan fingerprint density at radius 3 is 3.12 bits per heavy atom. The van der Waals surface area contributed by atoms with Crippen molar-refractivity contribution in [2.24, 2.45) is 0 Å². The fourth-order valence-electron chi connectivity index (χ4n) is 2.11. The molecule has 1 atom stereocenters. The first-order valence-electron chi connectivity index (χ1n) is 6.02. The van der Waals surface area contributed by atoms with Crippen LogP contribution < -0.4 is 10.6 Å². The summed E-state index contributed by atoms with van der Waals surface area (Å²) in [6, 6.07) is 7.07. The maximum Gasteiger partial charge on any atom is 0.224 e. The highest BCUT2D eigenvalue weighted by molar-refractivity contribution is 5.79. The Kier molecular flexibility index (Phi) is 3.98. The summed E-state index contributed by atoms with van der Waals surface area (Å²) in [7, 11) is 0. The minimum absolute atomic E-state index is 0.0179. The van der Waals surface area contributed by atoms with Crippen LogP contribution in [0.1, 0.15) is 18.4 Å². The third-order valence-corrected chi connectivity index (χ3v) is 2.94. The number of amides is 1. The fraction of sp³-hybridized carbons (Fsp3) is 0.462. The van der Waals surface area contributed by atoms with Crippen LogP contribution >= 0.6 is 0 Å². The molecule has 17 heavy (non-hydrogen) atoms. The highest BCUT2D eigenvalue weighted by Crippen LogP contribution is 2.11. The number of benzene rings is 1. The van der Waals surface area contributed by atoms with Gasteiger partial charge in [-0.1, -0.05) is 12.1 Å². The summed E-state index contributed by atoms with van der Waals surface area (Å²) in [6.45, 7) is 1.89. The molecule has 1 aromatic rings. The SMILES string of the molecule is O=C(Cc1cccc(O)c1)N[C@@H]1CCCNC1. The molecule has 92 valence electrons. The topological polar surface area (TPSA) is 61.4 Å². The van der Waals surface area contributed by atoms with Crippen LogP contribution in [-0.4, -0.2) is 30.1 Å². The molecule has 4 heteroatoms. The second kappa shape index (κ2) is 5.68. The maximum atomic E-state index is 11.8. The summed E-state index contributed by atoms with van der Waals surface area (Å²) in [5, 5.41) is 15.6. The van der Waals surface area contributed by atoms with Gasteiger partial charge in [-0.05, 0) is 37.1 Å². The Balaban J connectivity index is 1.84. The van der Waals surface area contributed by atoms with Gasteiger partial charge in [-0.3, -0.25) is 4.79 Å². The molecule has 3 N–H and O–H groups in total. The van der Waals surface area contributed by atoms with Crippen molar-refractivity contribution in [3.05, 3.63) is 29.8 Å². The van der Waals surface area contributed by atoms with E-state index in [1.165, 1.54) is 0 Å². The van der Waals surface area contributed by atoms with Gasteiger partial charge >= 0.3 is 0 Å². The summed E-state index contributed by atoms with van der Waals surface area (Å²) in [4.78, 5) is 11.8. The zero-order chi connectivity index (χ0) is 12.1. The first-order valence-corrected chi connectivity index (χ1v) is 6.02. The molecule has 4 nitrogen and oxygen atoms in total.